The Hall–Kier alpha value is -0.380. The van der Waals surface area contributed by atoms with Gasteiger partial charge in [0.25, 0.3) is 0 Å². The number of aliphatic hydroxyl groups excluding tert-OH is 2. The first-order chi connectivity index (χ1) is 4.30. The van der Waals surface area contributed by atoms with Gasteiger partial charge in [0.15, 0.2) is 0 Å². The van der Waals surface area contributed by atoms with Crippen molar-refractivity contribution < 1.29 is 10.2 Å². The molecule has 3 nitrogen and oxygen atoms in total. The number of hydrogen-bond acceptors (Lipinski definition) is 3. The second-order valence-electron chi connectivity index (χ2n) is 2.14. The molecule has 0 saturated carbocycles. The van der Waals surface area contributed by atoms with E-state index in [1.54, 1.807) is 12.2 Å². The van der Waals surface area contributed by atoms with Gasteiger partial charge in [-0.2, -0.15) is 0 Å². The third kappa shape index (κ3) is 1.78. The highest BCUT2D eigenvalue weighted by Gasteiger charge is 2.13. The number of aliphatic hydroxyl groups is 2. The normalized spacial score (nSPS) is 36.2. The summed E-state index contributed by atoms with van der Waals surface area (Å²) in [7, 11) is 0. The molecule has 1 heterocycles. The number of nitrogens with one attached hydrogen (secondary N) is 1. The molecule has 0 radical (unpaired) electrons. The molecule has 1 aliphatic rings. The molecule has 52 valence electrons. The van der Waals surface area contributed by atoms with Crippen molar-refractivity contribution in [3.05, 3.63) is 12.2 Å². The highest BCUT2D eigenvalue weighted by Crippen LogP contribution is 1.96. The number of hydrogen-bond donors (Lipinski definition) is 3. The van der Waals surface area contributed by atoms with Gasteiger partial charge < -0.3 is 15.5 Å². The first-order valence-electron chi connectivity index (χ1n) is 3.04. The summed E-state index contributed by atoms with van der Waals surface area (Å²) in [5, 5.41) is 20.9. The zero-order chi connectivity index (χ0) is 6.69. The molecule has 0 spiro atoms. The smallest absolute Gasteiger partial charge is 0.0992 e. The zero-order valence-corrected chi connectivity index (χ0v) is 5.12. The van der Waals surface area contributed by atoms with E-state index in [4.69, 9.17) is 10.2 Å². The third-order valence-corrected chi connectivity index (χ3v) is 1.34. The molecule has 3 N–H and O–H groups in total. The van der Waals surface area contributed by atoms with Crippen molar-refractivity contribution in [3.8, 4) is 0 Å². The van der Waals surface area contributed by atoms with Crippen LogP contribution in [0, 0.1) is 0 Å². The second-order valence-corrected chi connectivity index (χ2v) is 2.14. The van der Waals surface area contributed by atoms with E-state index in [9.17, 15) is 0 Å². The molecule has 2 atom stereocenters. The largest absolute Gasteiger partial charge is 0.389 e. The molecule has 0 aliphatic carbocycles. The molecule has 0 amide bonds. The van der Waals surface area contributed by atoms with Gasteiger partial charge in [0.05, 0.1) is 12.2 Å². The standard InChI is InChI=1S/C6H11NO2/c8-5-2-1-3-7-4-6(5)9/h1-2,5-9H,3-4H2/t5-,6+/m1/s1. The maximum atomic E-state index is 8.99. The lowest BCUT2D eigenvalue weighted by atomic mass is 10.2. The van der Waals surface area contributed by atoms with Crippen LogP contribution >= 0.6 is 0 Å². The zero-order valence-electron chi connectivity index (χ0n) is 5.12. The molecule has 0 bridgehead atoms. The van der Waals surface area contributed by atoms with Crippen LogP contribution in [-0.2, 0) is 0 Å². The van der Waals surface area contributed by atoms with Gasteiger partial charge in [-0.15, -0.1) is 0 Å². The summed E-state index contributed by atoms with van der Waals surface area (Å²) in [6.07, 6.45) is 2.06. The SMILES string of the molecule is O[C@@H]1C=CCNC[C@@H]1O. The molecule has 0 aromatic carbocycles. The fraction of sp³-hybridized carbons (Fsp3) is 0.667. The summed E-state index contributed by atoms with van der Waals surface area (Å²) >= 11 is 0. The van der Waals surface area contributed by atoms with Gasteiger partial charge >= 0.3 is 0 Å². The minimum atomic E-state index is -0.694. The molecule has 0 saturated heterocycles. The molecule has 9 heavy (non-hydrogen) atoms. The van der Waals surface area contributed by atoms with Crippen molar-refractivity contribution >= 4 is 0 Å². The van der Waals surface area contributed by atoms with Crippen molar-refractivity contribution in [1.82, 2.24) is 5.32 Å². The van der Waals surface area contributed by atoms with Crippen LogP contribution in [-0.4, -0.2) is 35.5 Å². The maximum Gasteiger partial charge on any atom is 0.0992 e. The Bertz CT molecular complexity index is 114. The first kappa shape index (κ1) is 6.74. The summed E-state index contributed by atoms with van der Waals surface area (Å²) in [6.45, 7) is 1.20. The predicted molar refractivity (Wildman–Crippen MR) is 34.0 cm³/mol. The molecule has 0 unspecified atom stereocenters. The molecule has 1 rings (SSSR count). The van der Waals surface area contributed by atoms with Crippen molar-refractivity contribution in [2.24, 2.45) is 0 Å². The van der Waals surface area contributed by atoms with Crippen LogP contribution in [0.5, 0.6) is 0 Å². The van der Waals surface area contributed by atoms with Crippen LogP contribution in [0.2, 0.25) is 0 Å². The van der Waals surface area contributed by atoms with Crippen molar-refractivity contribution in [2.75, 3.05) is 13.1 Å². The van der Waals surface area contributed by atoms with Gasteiger partial charge in [0, 0.05) is 13.1 Å². The van der Waals surface area contributed by atoms with Crippen molar-refractivity contribution in [2.45, 2.75) is 12.2 Å². The Balaban J connectivity index is 2.46. The van der Waals surface area contributed by atoms with Crippen LogP contribution in [0.4, 0.5) is 0 Å². The van der Waals surface area contributed by atoms with E-state index in [0.717, 1.165) is 6.54 Å². The quantitative estimate of drug-likeness (QED) is 0.363. The van der Waals surface area contributed by atoms with Crippen LogP contribution in [0.3, 0.4) is 0 Å². The van der Waals surface area contributed by atoms with Gasteiger partial charge in [-0.1, -0.05) is 12.2 Å². The molecule has 1 aliphatic heterocycles. The van der Waals surface area contributed by atoms with Crippen LogP contribution in [0.1, 0.15) is 0 Å². The topological polar surface area (TPSA) is 52.5 Å². The summed E-state index contributed by atoms with van der Waals surface area (Å²) in [5.41, 5.74) is 0. The minimum Gasteiger partial charge on any atom is -0.389 e. The monoisotopic (exact) mass is 129 g/mol. The van der Waals surface area contributed by atoms with Crippen molar-refractivity contribution in [1.29, 1.82) is 0 Å². The van der Waals surface area contributed by atoms with Crippen molar-refractivity contribution in [3.63, 3.8) is 0 Å². The summed E-state index contributed by atoms with van der Waals surface area (Å²) in [5.74, 6) is 0. The van der Waals surface area contributed by atoms with Gasteiger partial charge in [-0.3, -0.25) is 0 Å². The average Bonchev–Trinajstić information content (AvgIpc) is 1.99. The summed E-state index contributed by atoms with van der Waals surface area (Å²) < 4.78 is 0. The first-order valence-corrected chi connectivity index (χ1v) is 3.04. The van der Waals surface area contributed by atoms with E-state index in [2.05, 4.69) is 5.32 Å². The number of rotatable bonds is 0. The van der Waals surface area contributed by atoms with E-state index < -0.39 is 12.2 Å². The maximum absolute atomic E-state index is 8.99. The highest BCUT2D eigenvalue weighted by molar-refractivity contribution is 4.97. The minimum absolute atomic E-state index is 0.466. The lowest BCUT2D eigenvalue weighted by Crippen LogP contribution is -2.32. The van der Waals surface area contributed by atoms with Gasteiger partial charge in [-0.05, 0) is 0 Å². The molecule has 3 heteroatoms. The fourth-order valence-corrected chi connectivity index (χ4v) is 0.771. The Morgan fingerprint density at radius 3 is 3.00 bits per heavy atom. The van der Waals surface area contributed by atoms with E-state index in [1.807, 2.05) is 0 Å². The van der Waals surface area contributed by atoms with E-state index in [-0.39, 0.29) is 0 Å². The number of β-amino-alcohol motifs (C(OH)–C–C–N with tert-alkyl or cyclic N) is 1. The molecule has 0 fully saturated rings. The average molecular weight is 129 g/mol. The Kier molecular flexibility index (Phi) is 2.22. The summed E-state index contributed by atoms with van der Waals surface area (Å²) in [4.78, 5) is 0. The summed E-state index contributed by atoms with van der Waals surface area (Å²) in [6, 6.07) is 0. The third-order valence-electron chi connectivity index (χ3n) is 1.34. The molecular weight excluding hydrogens is 118 g/mol. The van der Waals surface area contributed by atoms with E-state index >= 15 is 0 Å². The lowest BCUT2D eigenvalue weighted by Gasteiger charge is -2.10. The van der Waals surface area contributed by atoms with Gasteiger partial charge in [-0.25, -0.2) is 0 Å². The van der Waals surface area contributed by atoms with Crippen LogP contribution < -0.4 is 5.32 Å². The lowest BCUT2D eigenvalue weighted by molar-refractivity contribution is 0.0521. The predicted octanol–water partition coefficient (Wildman–Crippen LogP) is -1.13. The van der Waals surface area contributed by atoms with Crippen LogP contribution in [0.25, 0.3) is 0 Å². The van der Waals surface area contributed by atoms with Crippen LogP contribution in [0.15, 0.2) is 12.2 Å². The van der Waals surface area contributed by atoms with E-state index in [0.29, 0.717) is 6.54 Å². The Labute approximate surface area is 54.0 Å². The Morgan fingerprint density at radius 1 is 1.44 bits per heavy atom. The molecule has 0 aromatic rings. The Morgan fingerprint density at radius 2 is 2.22 bits per heavy atom. The second kappa shape index (κ2) is 2.96. The fourth-order valence-electron chi connectivity index (χ4n) is 0.771. The molecule has 0 aromatic heterocycles. The van der Waals surface area contributed by atoms with E-state index in [1.165, 1.54) is 0 Å². The van der Waals surface area contributed by atoms with Gasteiger partial charge in [0.2, 0.25) is 0 Å². The molecular formula is C6H11NO2. The van der Waals surface area contributed by atoms with Gasteiger partial charge in [0.1, 0.15) is 0 Å². The highest BCUT2D eigenvalue weighted by atomic mass is 16.3.